The molecule has 1 aromatic rings. The molecule has 0 aromatic heterocycles. The summed E-state index contributed by atoms with van der Waals surface area (Å²) in [5, 5.41) is 3.13. The summed E-state index contributed by atoms with van der Waals surface area (Å²) in [6.45, 7) is 5.63. The molecule has 1 amide bonds. The van der Waals surface area contributed by atoms with E-state index >= 15 is 0 Å². The highest BCUT2D eigenvalue weighted by Crippen LogP contribution is 2.17. The number of carbonyl (C=O) groups excluding carboxylic acids is 2. The summed E-state index contributed by atoms with van der Waals surface area (Å²) in [4.78, 5) is 25.9. The Kier molecular flexibility index (Phi) is 6.44. The van der Waals surface area contributed by atoms with Gasteiger partial charge in [0.15, 0.2) is 0 Å². The third-order valence-electron chi connectivity index (χ3n) is 4.12. The molecule has 1 fully saturated rings. The van der Waals surface area contributed by atoms with Gasteiger partial charge in [0, 0.05) is 18.3 Å². The van der Waals surface area contributed by atoms with Crippen LogP contribution in [0.25, 0.3) is 0 Å². The summed E-state index contributed by atoms with van der Waals surface area (Å²) in [7, 11) is 0. The van der Waals surface area contributed by atoms with Crippen molar-refractivity contribution in [2.45, 2.75) is 45.6 Å². The van der Waals surface area contributed by atoms with Gasteiger partial charge >= 0.3 is 5.97 Å². The van der Waals surface area contributed by atoms with E-state index in [0.717, 1.165) is 31.5 Å². The lowest BCUT2D eigenvalue weighted by molar-refractivity contribution is -0.132. The molecular formula is C18H26N2O3. The third-order valence-corrected chi connectivity index (χ3v) is 4.12. The molecule has 0 bridgehead atoms. The molecule has 0 saturated carbocycles. The Bertz CT molecular complexity index is 528. The van der Waals surface area contributed by atoms with Gasteiger partial charge in [0.25, 0.3) is 0 Å². The highest BCUT2D eigenvalue weighted by Gasteiger charge is 2.22. The second-order valence-corrected chi connectivity index (χ2v) is 6.00. The van der Waals surface area contributed by atoms with E-state index in [0.29, 0.717) is 18.2 Å². The maximum absolute atomic E-state index is 12.3. The van der Waals surface area contributed by atoms with E-state index in [1.807, 2.05) is 11.8 Å². The SMILES string of the molecule is CCCOC(=O)c1ccc(NCC(=O)N2CCCCC2C)cc1. The monoisotopic (exact) mass is 318 g/mol. The van der Waals surface area contributed by atoms with Crippen LogP contribution in [-0.4, -0.2) is 42.5 Å². The molecule has 5 nitrogen and oxygen atoms in total. The molecular weight excluding hydrogens is 292 g/mol. The van der Waals surface area contributed by atoms with Gasteiger partial charge in [-0.05, 0) is 56.9 Å². The Morgan fingerprint density at radius 3 is 2.65 bits per heavy atom. The molecule has 23 heavy (non-hydrogen) atoms. The van der Waals surface area contributed by atoms with Crippen molar-refractivity contribution in [3.8, 4) is 0 Å². The van der Waals surface area contributed by atoms with E-state index in [1.54, 1.807) is 24.3 Å². The summed E-state index contributed by atoms with van der Waals surface area (Å²) < 4.78 is 5.09. The number of likely N-dealkylation sites (tertiary alicyclic amines) is 1. The molecule has 0 radical (unpaired) electrons. The van der Waals surface area contributed by atoms with Crippen LogP contribution in [0.3, 0.4) is 0 Å². The molecule has 5 heteroatoms. The predicted octanol–water partition coefficient (Wildman–Crippen LogP) is 3.07. The van der Waals surface area contributed by atoms with E-state index in [4.69, 9.17) is 4.74 Å². The number of nitrogens with one attached hydrogen (secondary N) is 1. The minimum Gasteiger partial charge on any atom is -0.462 e. The number of piperidine rings is 1. The first-order valence-electron chi connectivity index (χ1n) is 8.42. The van der Waals surface area contributed by atoms with Crippen LogP contribution in [0.1, 0.15) is 49.9 Å². The molecule has 1 saturated heterocycles. The maximum atomic E-state index is 12.3. The van der Waals surface area contributed by atoms with Gasteiger partial charge in [0.05, 0.1) is 18.7 Å². The van der Waals surface area contributed by atoms with Crippen molar-refractivity contribution in [2.24, 2.45) is 0 Å². The van der Waals surface area contributed by atoms with Crippen LogP contribution < -0.4 is 5.32 Å². The van der Waals surface area contributed by atoms with Crippen LogP contribution >= 0.6 is 0 Å². The van der Waals surface area contributed by atoms with Crippen LogP contribution in [0.4, 0.5) is 5.69 Å². The number of nitrogens with zero attached hydrogens (tertiary/aromatic N) is 1. The summed E-state index contributed by atoms with van der Waals surface area (Å²) in [5.41, 5.74) is 1.36. The van der Waals surface area contributed by atoms with Crippen molar-refractivity contribution < 1.29 is 14.3 Å². The molecule has 2 rings (SSSR count). The molecule has 0 aliphatic carbocycles. The molecule has 1 N–H and O–H groups in total. The molecule has 1 heterocycles. The van der Waals surface area contributed by atoms with Crippen molar-refractivity contribution in [3.05, 3.63) is 29.8 Å². The first kappa shape index (κ1) is 17.3. The molecule has 126 valence electrons. The van der Waals surface area contributed by atoms with Crippen molar-refractivity contribution in [1.29, 1.82) is 0 Å². The van der Waals surface area contributed by atoms with Crippen molar-refractivity contribution >= 4 is 17.6 Å². The van der Waals surface area contributed by atoms with E-state index < -0.39 is 0 Å². The van der Waals surface area contributed by atoms with Crippen LogP contribution in [0.5, 0.6) is 0 Å². The minimum absolute atomic E-state index is 0.128. The molecule has 1 aromatic carbocycles. The fraction of sp³-hybridized carbons (Fsp3) is 0.556. The normalized spacial score (nSPS) is 17.7. The lowest BCUT2D eigenvalue weighted by atomic mass is 10.0. The molecule has 1 atom stereocenters. The predicted molar refractivity (Wildman–Crippen MR) is 90.5 cm³/mol. The zero-order valence-electron chi connectivity index (χ0n) is 14.0. The Labute approximate surface area is 138 Å². The largest absolute Gasteiger partial charge is 0.462 e. The number of esters is 1. The molecule has 1 unspecified atom stereocenters. The van der Waals surface area contributed by atoms with Crippen molar-refractivity contribution in [3.63, 3.8) is 0 Å². The van der Waals surface area contributed by atoms with E-state index in [-0.39, 0.29) is 18.4 Å². The quantitative estimate of drug-likeness (QED) is 0.819. The third kappa shape index (κ3) is 4.98. The molecule has 0 spiro atoms. The number of rotatable bonds is 6. The number of amides is 1. The first-order chi connectivity index (χ1) is 11.1. The number of hydrogen-bond donors (Lipinski definition) is 1. The van der Waals surface area contributed by atoms with Gasteiger partial charge in [-0.15, -0.1) is 0 Å². The average Bonchev–Trinajstić information content (AvgIpc) is 2.58. The summed E-state index contributed by atoms with van der Waals surface area (Å²) in [6, 6.07) is 7.36. The standard InChI is InChI=1S/C18H26N2O3/c1-3-12-23-18(22)15-7-9-16(10-8-15)19-13-17(21)20-11-5-4-6-14(20)2/h7-10,14,19H,3-6,11-13H2,1-2H3. The van der Waals surface area contributed by atoms with Crippen LogP contribution in [0.2, 0.25) is 0 Å². The van der Waals surface area contributed by atoms with E-state index in [9.17, 15) is 9.59 Å². The fourth-order valence-corrected chi connectivity index (χ4v) is 2.75. The van der Waals surface area contributed by atoms with Crippen molar-refractivity contribution in [2.75, 3.05) is 25.0 Å². The lowest BCUT2D eigenvalue weighted by Crippen LogP contribution is -2.44. The van der Waals surface area contributed by atoms with Gasteiger partial charge in [-0.1, -0.05) is 6.92 Å². The van der Waals surface area contributed by atoms with Gasteiger partial charge in [-0.2, -0.15) is 0 Å². The Morgan fingerprint density at radius 2 is 2.00 bits per heavy atom. The number of hydrogen-bond acceptors (Lipinski definition) is 4. The van der Waals surface area contributed by atoms with Crippen LogP contribution in [0, 0.1) is 0 Å². The topological polar surface area (TPSA) is 58.6 Å². The second-order valence-electron chi connectivity index (χ2n) is 6.00. The van der Waals surface area contributed by atoms with Crippen LogP contribution in [-0.2, 0) is 9.53 Å². The first-order valence-corrected chi connectivity index (χ1v) is 8.42. The zero-order chi connectivity index (χ0) is 16.7. The lowest BCUT2D eigenvalue weighted by Gasteiger charge is -2.33. The summed E-state index contributed by atoms with van der Waals surface area (Å²) >= 11 is 0. The Morgan fingerprint density at radius 1 is 1.26 bits per heavy atom. The van der Waals surface area contributed by atoms with Gasteiger partial charge in [0.1, 0.15) is 0 Å². The number of benzene rings is 1. The van der Waals surface area contributed by atoms with Crippen molar-refractivity contribution in [1.82, 2.24) is 4.90 Å². The Balaban J connectivity index is 1.83. The van der Waals surface area contributed by atoms with Gasteiger partial charge in [0.2, 0.25) is 5.91 Å². The van der Waals surface area contributed by atoms with Gasteiger partial charge in [-0.25, -0.2) is 4.79 Å². The number of anilines is 1. The second kappa shape index (κ2) is 8.56. The minimum atomic E-state index is -0.309. The number of ether oxygens (including phenoxy) is 1. The molecule has 1 aliphatic rings. The van der Waals surface area contributed by atoms with Crippen LogP contribution in [0.15, 0.2) is 24.3 Å². The highest BCUT2D eigenvalue weighted by molar-refractivity contribution is 5.90. The summed E-state index contributed by atoms with van der Waals surface area (Å²) in [6.07, 6.45) is 4.18. The number of carbonyl (C=O) groups is 2. The zero-order valence-corrected chi connectivity index (χ0v) is 14.0. The Hall–Kier alpha value is -2.04. The summed E-state index contributed by atoms with van der Waals surface area (Å²) in [5.74, 6) is -0.180. The maximum Gasteiger partial charge on any atom is 0.338 e. The molecule has 1 aliphatic heterocycles. The van der Waals surface area contributed by atoms with E-state index in [2.05, 4.69) is 12.2 Å². The van der Waals surface area contributed by atoms with Gasteiger partial charge in [-0.3, -0.25) is 4.79 Å². The average molecular weight is 318 g/mol. The van der Waals surface area contributed by atoms with Gasteiger partial charge < -0.3 is 15.0 Å². The highest BCUT2D eigenvalue weighted by atomic mass is 16.5. The van der Waals surface area contributed by atoms with E-state index in [1.165, 1.54) is 6.42 Å². The fourth-order valence-electron chi connectivity index (χ4n) is 2.75. The smallest absolute Gasteiger partial charge is 0.338 e.